The van der Waals surface area contributed by atoms with Crippen LogP contribution in [0.2, 0.25) is 0 Å². The van der Waals surface area contributed by atoms with E-state index in [2.05, 4.69) is 10.3 Å². The van der Waals surface area contributed by atoms with Crippen LogP contribution in [0.15, 0.2) is 18.7 Å². The van der Waals surface area contributed by atoms with Crippen molar-refractivity contribution >= 4 is 5.91 Å². The van der Waals surface area contributed by atoms with E-state index in [0.717, 1.165) is 0 Å². The molecule has 1 fully saturated rings. The first-order chi connectivity index (χ1) is 9.16. The first kappa shape index (κ1) is 14.0. The van der Waals surface area contributed by atoms with Gasteiger partial charge in [-0.1, -0.05) is 0 Å². The van der Waals surface area contributed by atoms with Crippen LogP contribution in [0.3, 0.4) is 0 Å². The summed E-state index contributed by atoms with van der Waals surface area (Å²) in [5.74, 6) is 0.0471. The Hall–Kier alpha value is -1.40. The second-order valence-corrected chi connectivity index (χ2v) is 5.23. The molecule has 1 aromatic rings. The lowest BCUT2D eigenvalue weighted by molar-refractivity contribution is -0.136. The maximum absolute atomic E-state index is 12.4. The number of carbonyl (C=O) groups is 1. The fraction of sp³-hybridized carbons (Fsp3) is 0.692. The van der Waals surface area contributed by atoms with Crippen molar-refractivity contribution < 1.29 is 9.53 Å². The highest BCUT2D eigenvalue weighted by Gasteiger charge is 2.39. The lowest BCUT2D eigenvalue weighted by Crippen LogP contribution is -2.51. The molecule has 2 heterocycles. The fourth-order valence-corrected chi connectivity index (χ4v) is 2.42. The third kappa shape index (κ3) is 3.33. The van der Waals surface area contributed by atoms with Crippen LogP contribution in [0.25, 0.3) is 0 Å². The van der Waals surface area contributed by atoms with E-state index in [1.54, 1.807) is 12.5 Å². The van der Waals surface area contributed by atoms with Gasteiger partial charge in [0, 0.05) is 44.7 Å². The third-order valence-corrected chi connectivity index (χ3v) is 3.74. The third-order valence-electron chi connectivity index (χ3n) is 3.74. The molecule has 0 spiro atoms. The molecule has 6 heteroatoms. The van der Waals surface area contributed by atoms with Gasteiger partial charge in [-0.2, -0.15) is 0 Å². The Kier molecular flexibility index (Phi) is 4.55. The van der Waals surface area contributed by atoms with E-state index in [1.165, 1.54) is 0 Å². The van der Waals surface area contributed by atoms with Crippen LogP contribution in [0.1, 0.15) is 19.8 Å². The van der Waals surface area contributed by atoms with Crippen molar-refractivity contribution in [2.24, 2.45) is 11.1 Å². The first-order valence-corrected chi connectivity index (χ1v) is 6.71. The normalized spacial score (nSPS) is 19.9. The summed E-state index contributed by atoms with van der Waals surface area (Å²) in [6.07, 6.45) is 6.76. The zero-order chi connectivity index (χ0) is 13.7. The number of aromatic nitrogens is 2. The van der Waals surface area contributed by atoms with Gasteiger partial charge in [-0.3, -0.25) is 4.79 Å². The summed E-state index contributed by atoms with van der Waals surface area (Å²) in [5.41, 5.74) is 5.36. The fourth-order valence-electron chi connectivity index (χ4n) is 2.42. The van der Waals surface area contributed by atoms with Crippen LogP contribution >= 0.6 is 0 Å². The molecule has 1 aliphatic heterocycles. The molecule has 1 unspecified atom stereocenters. The molecule has 1 atom stereocenters. The van der Waals surface area contributed by atoms with Gasteiger partial charge in [-0.25, -0.2) is 4.98 Å². The predicted octanol–water partition coefficient (Wildman–Crippen LogP) is 0.143. The molecule has 1 aliphatic rings. The lowest BCUT2D eigenvalue weighted by atomic mass is 9.79. The van der Waals surface area contributed by atoms with Crippen LogP contribution in [0.5, 0.6) is 0 Å². The Morgan fingerprint density at radius 3 is 2.89 bits per heavy atom. The number of nitrogens with zero attached hydrogens (tertiary/aromatic N) is 2. The summed E-state index contributed by atoms with van der Waals surface area (Å²) in [5, 5.41) is 3.06. The van der Waals surface area contributed by atoms with E-state index < -0.39 is 5.41 Å². The number of nitrogens with one attached hydrogen (secondary N) is 1. The van der Waals surface area contributed by atoms with Crippen molar-refractivity contribution in [3.63, 3.8) is 0 Å². The number of rotatable bonds is 5. The highest BCUT2D eigenvalue weighted by Crippen LogP contribution is 2.29. The van der Waals surface area contributed by atoms with Gasteiger partial charge in [-0.05, 0) is 19.8 Å². The second kappa shape index (κ2) is 6.16. The average Bonchev–Trinajstić information content (AvgIpc) is 2.92. The second-order valence-electron chi connectivity index (χ2n) is 5.23. The zero-order valence-corrected chi connectivity index (χ0v) is 11.3. The van der Waals surface area contributed by atoms with E-state index in [1.807, 2.05) is 17.7 Å². The molecular formula is C13H22N4O2. The Morgan fingerprint density at radius 2 is 2.32 bits per heavy atom. The van der Waals surface area contributed by atoms with Gasteiger partial charge in [-0.15, -0.1) is 0 Å². The van der Waals surface area contributed by atoms with Crippen LogP contribution in [-0.2, 0) is 16.1 Å². The number of amides is 1. The SMILES string of the molecule is CC(Cn1ccnc1)NC(=O)C1(CN)CCOCC1. The minimum atomic E-state index is -0.457. The number of hydrogen-bond acceptors (Lipinski definition) is 4. The van der Waals surface area contributed by atoms with E-state index in [0.29, 0.717) is 39.1 Å². The molecule has 0 aliphatic carbocycles. The maximum Gasteiger partial charge on any atom is 0.227 e. The van der Waals surface area contributed by atoms with Crippen molar-refractivity contribution in [2.75, 3.05) is 19.8 Å². The van der Waals surface area contributed by atoms with Crippen molar-refractivity contribution in [1.29, 1.82) is 0 Å². The largest absolute Gasteiger partial charge is 0.381 e. The topological polar surface area (TPSA) is 82.2 Å². The van der Waals surface area contributed by atoms with Gasteiger partial charge >= 0.3 is 0 Å². The predicted molar refractivity (Wildman–Crippen MR) is 71.4 cm³/mol. The molecule has 0 saturated carbocycles. The van der Waals surface area contributed by atoms with E-state index in [9.17, 15) is 4.79 Å². The molecule has 1 saturated heterocycles. The molecule has 1 aromatic heterocycles. The quantitative estimate of drug-likeness (QED) is 0.794. The zero-order valence-electron chi connectivity index (χ0n) is 11.3. The molecule has 0 bridgehead atoms. The summed E-state index contributed by atoms with van der Waals surface area (Å²) in [6.45, 7) is 4.30. The molecule has 1 amide bonds. The molecule has 3 N–H and O–H groups in total. The molecule has 0 aromatic carbocycles. The highest BCUT2D eigenvalue weighted by atomic mass is 16.5. The van der Waals surface area contributed by atoms with Gasteiger partial charge in [0.15, 0.2) is 0 Å². The Labute approximate surface area is 113 Å². The van der Waals surface area contributed by atoms with Crippen molar-refractivity contribution in [1.82, 2.24) is 14.9 Å². The van der Waals surface area contributed by atoms with Crippen molar-refractivity contribution in [3.05, 3.63) is 18.7 Å². The average molecular weight is 266 g/mol. The number of carbonyl (C=O) groups excluding carboxylic acids is 1. The molecule has 106 valence electrons. The minimum absolute atomic E-state index is 0.0471. The van der Waals surface area contributed by atoms with Gasteiger partial charge in [0.05, 0.1) is 11.7 Å². The van der Waals surface area contributed by atoms with E-state index in [-0.39, 0.29) is 11.9 Å². The Bertz CT molecular complexity index is 399. The van der Waals surface area contributed by atoms with Crippen LogP contribution in [-0.4, -0.2) is 41.3 Å². The van der Waals surface area contributed by atoms with Gasteiger partial charge in [0.1, 0.15) is 0 Å². The number of ether oxygens (including phenoxy) is 1. The van der Waals surface area contributed by atoms with Crippen molar-refractivity contribution in [2.45, 2.75) is 32.4 Å². The highest BCUT2D eigenvalue weighted by molar-refractivity contribution is 5.83. The molecule has 0 radical (unpaired) electrons. The first-order valence-electron chi connectivity index (χ1n) is 6.71. The van der Waals surface area contributed by atoms with E-state index in [4.69, 9.17) is 10.5 Å². The van der Waals surface area contributed by atoms with Crippen LogP contribution in [0, 0.1) is 5.41 Å². The molecule has 19 heavy (non-hydrogen) atoms. The minimum Gasteiger partial charge on any atom is -0.381 e. The summed E-state index contributed by atoms with van der Waals surface area (Å²) in [4.78, 5) is 16.4. The standard InChI is InChI=1S/C13H22N4O2/c1-11(8-17-5-4-15-10-17)16-12(18)13(9-14)2-6-19-7-3-13/h4-5,10-11H,2-3,6-9,14H2,1H3,(H,16,18). The maximum atomic E-state index is 12.4. The van der Waals surface area contributed by atoms with Crippen LogP contribution in [0.4, 0.5) is 0 Å². The summed E-state index contributed by atoms with van der Waals surface area (Å²) in [6, 6.07) is 0.0490. The number of nitrogens with two attached hydrogens (primary N) is 1. The molecule has 2 rings (SSSR count). The Morgan fingerprint density at radius 1 is 1.58 bits per heavy atom. The summed E-state index contributed by atoms with van der Waals surface area (Å²) in [7, 11) is 0. The Balaban J connectivity index is 1.91. The van der Waals surface area contributed by atoms with Gasteiger partial charge in [0.2, 0.25) is 5.91 Å². The smallest absolute Gasteiger partial charge is 0.227 e. The van der Waals surface area contributed by atoms with Gasteiger partial charge in [0.25, 0.3) is 0 Å². The lowest BCUT2D eigenvalue weighted by Gasteiger charge is -2.35. The molecular weight excluding hydrogens is 244 g/mol. The van der Waals surface area contributed by atoms with E-state index >= 15 is 0 Å². The van der Waals surface area contributed by atoms with Crippen LogP contribution < -0.4 is 11.1 Å². The monoisotopic (exact) mass is 266 g/mol. The summed E-state index contributed by atoms with van der Waals surface area (Å²) >= 11 is 0. The van der Waals surface area contributed by atoms with Gasteiger partial charge < -0.3 is 20.4 Å². The summed E-state index contributed by atoms with van der Waals surface area (Å²) < 4.78 is 7.27. The number of imidazole rings is 1. The number of hydrogen-bond donors (Lipinski definition) is 2. The molecule has 6 nitrogen and oxygen atoms in total. The van der Waals surface area contributed by atoms with Crippen molar-refractivity contribution in [3.8, 4) is 0 Å².